The number of amides is 2. The van der Waals surface area contributed by atoms with Gasteiger partial charge in [-0.2, -0.15) is 0 Å². The average Bonchev–Trinajstić information content (AvgIpc) is 3.04. The van der Waals surface area contributed by atoms with Gasteiger partial charge in [0.15, 0.2) is 0 Å². The second-order valence-corrected chi connectivity index (χ2v) is 7.47. The van der Waals surface area contributed by atoms with Gasteiger partial charge in [0.05, 0.1) is 7.11 Å². The van der Waals surface area contributed by atoms with E-state index in [-0.39, 0.29) is 23.8 Å². The average molecular weight is 411 g/mol. The molecule has 2 amide bonds. The van der Waals surface area contributed by atoms with Gasteiger partial charge in [-0.25, -0.2) is 9.18 Å². The van der Waals surface area contributed by atoms with Crippen molar-refractivity contribution < 1.29 is 18.7 Å². The molecule has 1 aliphatic carbocycles. The Kier molecular flexibility index (Phi) is 9.28. The van der Waals surface area contributed by atoms with Crippen LogP contribution in [0.2, 0.25) is 5.02 Å². The van der Waals surface area contributed by atoms with Crippen LogP contribution >= 0.6 is 11.6 Å². The van der Waals surface area contributed by atoms with Gasteiger partial charge in [-0.15, -0.1) is 0 Å². The van der Waals surface area contributed by atoms with Crippen LogP contribution in [-0.4, -0.2) is 31.8 Å². The molecule has 0 radical (unpaired) electrons. The molecule has 0 unspecified atom stereocenters. The number of benzene rings is 1. The fraction of sp³-hybridized carbons (Fsp3) is 0.524. The van der Waals surface area contributed by atoms with Crippen LogP contribution < -0.4 is 10.6 Å². The molecule has 1 aromatic rings. The molecule has 0 bridgehead atoms. The summed E-state index contributed by atoms with van der Waals surface area (Å²) in [6.07, 6.45) is 6.97. The molecule has 1 saturated carbocycles. The van der Waals surface area contributed by atoms with E-state index in [1.165, 1.54) is 7.11 Å². The number of nitrogens with one attached hydrogen (secondary N) is 2. The lowest BCUT2D eigenvalue weighted by molar-refractivity contribution is -0.140. The second-order valence-electron chi connectivity index (χ2n) is 7.03. The number of anilines is 1. The Hall–Kier alpha value is -2.08. The topological polar surface area (TPSA) is 67.4 Å². The SMILES string of the molecule is COC(=O)CCC/C=C\C[C@@H]1[C@@H](CNC(=O)Nc2ccc(Cl)cc2)CC[C@H]1F. The summed E-state index contributed by atoms with van der Waals surface area (Å²) in [7, 11) is 1.38. The quantitative estimate of drug-likeness (QED) is 0.337. The van der Waals surface area contributed by atoms with Crippen LogP contribution in [0.5, 0.6) is 0 Å². The molecule has 1 aliphatic rings. The molecule has 5 nitrogen and oxygen atoms in total. The lowest BCUT2D eigenvalue weighted by Crippen LogP contribution is -2.35. The Labute approximate surface area is 170 Å². The molecule has 28 heavy (non-hydrogen) atoms. The third-order valence-corrected chi connectivity index (χ3v) is 5.32. The van der Waals surface area contributed by atoms with Gasteiger partial charge in [0, 0.05) is 23.7 Å². The van der Waals surface area contributed by atoms with Crippen LogP contribution in [0.1, 0.15) is 38.5 Å². The van der Waals surface area contributed by atoms with E-state index < -0.39 is 6.17 Å². The largest absolute Gasteiger partial charge is 0.469 e. The van der Waals surface area contributed by atoms with Crippen molar-refractivity contribution in [3.63, 3.8) is 0 Å². The molecule has 0 aromatic heterocycles. The predicted octanol–water partition coefficient (Wildman–Crippen LogP) is 5.12. The number of alkyl halides is 1. The number of rotatable bonds is 9. The number of carbonyl (C=O) groups is 2. The van der Waals surface area contributed by atoms with E-state index >= 15 is 0 Å². The molecular weight excluding hydrogens is 383 g/mol. The Morgan fingerprint density at radius 3 is 2.71 bits per heavy atom. The Morgan fingerprint density at radius 1 is 1.25 bits per heavy atom. The van der Waals surface area contributed by atoms with E-state index in [0.29, 0.717) is 36.5 Å². The van der Waals surface area contributed by atoms with Gasteiger partial charge in [-0.1, -0.05) is 23.8 Å². The third-order valence-electron chi connectivity index (χ3n) is 5.06. The van der Waals surface area contributed by atoms with Gasteiger partial charge in [-0.05, 0) is 68.2 Å². The molecule has 2 N–H and O–H groups in total. The van der Waals surface area contributed by atoms with E-state index in [9.17, 15) is 14.0 Å². The van der Waals surface area contributed by atoms with Crippen LogP contribution in [0.25, 0.3) is 0 Å². The summed E-state index contributed by atoms with van der Waals surface area (Å²) in [6.45, 7) is 0.445. The van der Waals surface area contributed by atoms with Gasteiger partial charge >= 0.3 is 12.0 Å². The first kappa shape index (κ1) is 22.2. The third kappa shape index (κ3) is 7.50. The number of halogens is 2. The molecule has 7 heteroatoms. The van der Waals surface area contributed by atoms with Gasteiger partial charge in [0.2, 0.25) is 0 Å². The molecule has 0 spiro atoms. The number of unbranched alkanes of at least 4 members (excludes halogenated alkanes) is 1. The van der Waals surface area contributed by atoms with Crippen LogP contribution in [0.3, 0.4) is 0 Å². The maximum absolute atomic E-state index is 14.2. The number of ether oxygens (including phenoxy) is 1. The van der Waals surface area contributed by atoms with E-state index in [1.807, 2.05) is 12.2 Å². The Balaban J connectivity index is 1.72. The van der Waals surface area contributed by atoms with Gasteiger partial charge in [0.1, 0.15) is 6.17 Å². The minimum absolute atomic E-state index is 0.0901. The molecular formula is C21H28ClFN2O3. The maximum Gasteiger partial charge on any atom is 0.319 e. The molecule has 1 fully saturated rings. The lowest BCUT2D eigenvalue weighted by Gasteiger charge is -2.20. The summed E-state index contributed by atoms with van der Waals surface area (Å²) in [5.41, 5.74) is 0.656. The highest BCUT2D eigenvalue weighted by Gasteiger charge is 2.35. The zero-order chi connectivity index (χ0) is 20.4. The smallest absolute Gasteiger partial charge is 0.319 e. The van der Waals surface area contributed by atoms with Crippen molar-refractivity contribution in [2.24, 2.45) is 11.8 Å². The summed E-state index contributed by atoms with van der Waals surface area (Å²) in [6, 6.07) is 6.55. The molecule has 3 atom stereocenters. The first-order valence-electron chi connectivity index (χ1n) is 9.66. The summed E-state index contributed by atoms with van der Waals surface area (Å²) in [5, 5.41) is 6.19. The lowest BCUT2D eigenvalue weighted by atomic mass is 9.91. The number of urea groups is 1. The molecule has 0 heterocycles. The number of hydrogen-bond donors (Lipinski definition) is 2. The first-order valence-corrected chi connectivity index (χ1v) is 10.0. The van der Waals surface area contributed by atoms with Crippen LogP contribution in [0.15, 0.2) is 36.4 Å². The number of carbonyl (C=O) groups excluding carboxylic acids is 2. The van der Waals surface area contributed by atoms with Gasteiger partial charge < -0.3 is 15.4 Å². The van der Waals surface area contributed by atoms with Crippen LogP contribution in [-0.2, 0) is 9.53 Å². The fourth-order valence-corrected chi connectivity index (χ4v) is 3.59. The van der Waals surface area contributed by atoms with E-state index in [2.05, 4.69) is 15.4 Å². The van der Waals surface area contributed by atoms with Gasteiger partial charge in [0.25, 0.3) is 0 Å². The summed E-state index contributed by atoms with van der Waals surface area (Å²) >= 11 is 5.83. The molecule has 2 rings (SSSR count). The van der Waals surface area contributed by atoms with E-state index in [1.54, 1.807) is 24.3 Å². The molecule has 0 aliphatic heterocycles. The van der Waals surface area contributed by atoms with E-state index in [4.69, 9.17) is 11.6 Å². The van der Waals surface area contributed by atoms with Crippen molar-refractivity contribution in [3.05, 3.63) is 41.4 Å². The van der Waals surface area contributed by atoms with Crippen molar-refractivity contribution in [3.8, 4) is 0 Å². The van der Waals surface area contributed by atoms with Crippen LogP contribution in [0, 0.1) is 11.8 Å². The Morgan fingerprint density at radius 2 is 2.00 bits per heavy atom. The normalized spacial score (nSPS) is 21.6. The minimum Gasteiger partial charge on any atom is -0.469 e. The molecule has 0 saturated heterocycles. The fourth-order valence-electron chi connectivity index (χ4n) is 3.46. The van der Waals surface area contributed by atoms with Crippen LogP contribution in [0.4, 0.5) is 14.9 Å². The van der Waals surface area contributed by atoms with Crippen molar-refractivity contribution in [2.45, 2.75) is 44.7 Å². The van der Waals surface area contributed by atoms with Crippen molar-refractivity contribution >= 4 is 29.3 Å². The van der Waals surface area contributed by atoms with Crippen molar-refractivity contribution in [2.75, 3.05) is 19.0 Å². The number of methoxy groups -OCH3 is 1. The molecule has 154 valence electrons. The van der Waals surface area contributed by atoms with Crippen molar-refractivity contribution in [1.82, 2.24) is 5.32 Å². The zero-order valence-electron chi connectivity index (χ0n) is 16.1. The maximum atomic E-state index is 14.2. The van der Waals surface area contributed by atoms with E-state index in [0.717, 1.165) is 19.3 Å². The highest BCUT2D eigenvalue weighted by molar-refractivity contribution is 6.30. The summed E-state index contributed by atoms with van der Waals surface area (Å²) < 4.78 is 18.8. The van der Waals surface area contributed by atoms with Gasteiger partial charge in [-0.3, -0.25) is 4.79 Å². The molecule has 1 aromatic carbocycles. The summed E-state index contributed by atoms with van der Waals surface area (Å²) in [4.78, 5) is 23.1. The predicted molar refractivity (Wildman–Crippen MR) is 109 cm³/mol. The number of allylic oxidation sites excluding steroid dienone is 2. The zero-order valence-corrected chi connectivity index (χ0v) is 16.9. The highest BCUT2D eigenvalue weighted by Crippen LogP contribution is 2.36. The monoisotopic (exact) mass is 410 g/mol. The summed E-state index contributed by atoms with van der Waals surface area (Å²) in [5.74, 6) is -0.186. The number of hydrogen-bond acceptors (Lipinski definition) is 3. The van der Waals surface area contributed by atoms with Crippen molar-refractivity contribution in [1.29, 1.82) is 0 Å². The highest BCUT2D eigenvalue weighted by atomic mass is 35.5. The number of esters is 1. The standard InChI is InChI=1S/C21H28ClFN2O3/c1-28-20(26)7-5-3-2-4-6-18-15(8-13-19(18)23)14-24-21(27)25-17-11-9-16(22)10-12-17/h2,4,9-12,15,18-19H,3,5-8,13-14H2,1H3,(H2,24,25,27)/b4-2-/t15-,18-,19-/m1/s1. The minimum atomic E-state index is -0.842. The Bertz CT molecular complexity index is 666. The second kappa shape index (κ2) is 11.7. The first-order chi connectivity index (χ1) is 13.5.